The van der Waals surface area contributed by atoms with E-state index in [-0.39, 0.29) is 12.1 Å². The van der Waals surface area contributed by atoms with E-state index in [1.54, 1.807) is 0 Å². The van der Waals surface area contributed by atoms with Crippen LogP contribution in [0.15, 0.2) is 54.6 Å². The molecular weight excluding hydrogens is 320 g/mol. The van der Waals surface area contributed by atoms with Crippen LogP contribution in [0.3, 0.4) is 0 Å². The third kappa shape index (κ3) is 4.66. The van der Waals surface area contributed by atoms with Gasteiger partial charge in [-0.25, -0.2) is 13.1 Å². The van der Waals surface area contributed by atoms with E-state index < -0.39 is 10.0 Å². The summed E-state index contributed by atoms with van der Waals surface area (Å²) < 4.78 is 26.0. The minimum atomic E-state index is -3.19. The molecule has 1 saturated heterocycles. The van der Waals surface area contributed by atoms with E-state index in [0.29, 0.717) is 0 Å². The third-order valence-electron chi connectivity index (χ3n) is 4.44. The zero-order chi connectivity index (χ0) is 17.0. The first-order chi connectivity index (χ1) is 11.5. The van der Waals surface area contributed by atoms with Gasteiger partial charge in [0.15, 0.2) is 0 Å². The fraction of sp³-hybridized carbons (Fsp3) is 0.368. The first-order valence-corrected chi connectivity index (χ1v) is 10.3. The second-order valence-corrected chi connectivity index (χ2v) is 8.25. The van der Waals surface area contributed by atoms with E-state index in [4.69, 9.17) is 0 Å². The van der Waals surface area contributed by atoms with Gasteiger partial charge in [0, 0.05) is 12.1 Å². The zero-order valence-electron chi connectivity index (χ0n) is 13.9. The molecule has 128 valence electrons. The highest BCUT2D eigenvalue weighted by Gasteiger charge is 2.27. The first kappa shape index (κ1) is 17.1. The van der Waals surface area contributed by atoms with Gasteiger partial charge < -0.3 is 5.32 Å². The Kier molecular flexibility index (Phi) is 5.33. The highest BCUT2D eigenvalue weighted by molar-refractivity contribution is 7.88. The van der Waals surface area contributed by atoms with Crippen LogP contribution in [0.2, 0.25) is 0 Å². The number of hydrogen-bond donors (Lipinski definition) is 2. The van der Waals surface area contributed by atoms with Crippen LogP contribution in [0.25, 0.3) is 11.1 Å². The third-order valence-corrected chi connectivity index (χ3v) is 5.17. The van der Waals surface area contributed by atoms with E-state index >= 15 is 0 Å². The van der Waals surface area contributed by atoms with Crippen molar-refractivity contribution >= 4 is 10.0 Å². The van der Waals surface area contributed by atoms with Gasteiger partial charge in [0.25, 0.3) is 0 Å². The van der Waals surface area contributed by atoms with E-state index in [2.05, 4.69) is 46.4 Å². The molecule has 2 aromatic carbocycles. The molecule has 2 atom stereocenters. The lowest BCUT2D eigenvalue weighted by molar-refractivity contribution is 0.329. The predicted molar refractivity (Wildman–Crippen MR) is 98.4 cm³/mol. The van der Waals surface area contributed by atoms with Gasteiger partial charge in [-0.15, -0.1) is 0 Å². The van der Waals surface area contributed by atoms with Crippen molar-refractivity contribution in [2.75, 3.05) is 12.8 Å². The average molecular weight is 344 g/mol. The number of rotatable bonds is 5. The van der Waals surface area contributed by atoms with Gasteiger partial charge >= 0.3 is 0 Å². The van der Waals surface area contributed by atoms with Crippen LogP contribution < -0.4 is 10.0 Å². The molecule has 1 aliphatic rings. The summed E-state index contributed by atoms with van der Waals surface area (Å²) in [5, 5.41) is 3.47. The molecule has 1 fully saturated rings. The fourth-order valence-electron chi connectivity index (χ4n) is 3.35. The minimum Gasteiger partial charge on any atom is -0.312 e. The summed E-state index contributed by atoms with van der Waals surface area (Å²) in [4.78, 5) is 0. The number of nitrogens with one attached hydrogen (secondary N) is 2. The smallest absolute Gasteiger partial charge is 0.209 e. The highest BCUT2D eigenvalue weighted by atomic mass is 32.2. The van der Waals surface area contributed by atoms with Gasteiger partial charge in [0.2, 0.25) is 10.0 Å². The first-order valence-electron chi connectivity index (χ1n) is 8.36. The summed E-state index contributed by atoms with van der Waals surface area (Å²) in [6.45, 7) is 0.936. The number of sulfonamides is 1. The molecule has 0 spiro atoms. The van der Waals surface area contributed by atoms with Gasteiger partial charge in [-0.3, -0.25) is 0 Å². The maximum atomic E-state index is 11.6. The standard InChI is InChI=1S/C19H24N2O2S/c1-24(22,23)21-18-11-6-12-20-19(18)14-15-7-5-10-17(13-15)16-8-3-2-4-9-16/h2-5,7-10,13,18-21H,6,11-12,14H2,1H3/t18-,19-/m1/s1. The van der Waals surface area contributed by atoms with E-state index in [1.165, 1.54) is 22.9 Å². The van der Waals surface area contributed by atoms with Crippen molar-refractivity contribution < 1.29 is 8.42 Å². The summed E-state index contributed by atoms with van der Waals surface area (Å²) in [6, 6.07) is 18.9. The Labute approximate surface area is 144 Å². The Hall–Kier alpha value is -1.69. The van der Waals surface area contributed by atoms with Crippen molar-refractivity contribution in [1.82, 2.24) is 10.0 Å². The number of hydrogen-bond acceptors (Lipinski definition) is 3. The van der Waals surface area contributed by atoms with E-state index in [1.807, 2.05) is 18.2 Å². The van der Waals surface area contributed by atoms with Crippen LogP contribution in [0, 0.1) is 0 Å². The van der Waals surface area contributed by atoms with Crippen LogP contribution in [0.1, 0.15) is 18.4 Å². The van der Waals surface area contributed by atoms with Crippen molar-refractivity contribution in [2.45, 2.75) is 31.3 Å². The van der Waals surface area contributed by atoms with Crippen LogP contribution in [-0.2, 0) is 16.4 Å². The molecule has 5 heteroatoms. The largest absolute Gasteiger partial charge is 0.312 e. The van der Waals surface area contributed by atoms with Gasteiger partial charge in [-0.2, -0.15) is 0 Å². The zero-order valence-corrected chi connectivity index (χ0v) is 14.7. The van der Waals surface area contributed by atoms with Crippen LogP contribution in [0.4, 0.5) is 0 Å². The van der Waals surface area contributed by atoms with Crippen LogP contribution in [-0.4, -0.2) is 33.3 Å². The van der Waals surface area contributed by atoms with E-state index in [0.717, 1.165) is 25.8 Å². The van der Waals surface area contributed by atoms with Crippen molar-refractivity contribution in [3.05, 3.63) is 60.2 Å². The molecule has 2 N–H and O–H groups in total. The van der Waals surface area contributed by atoms with Gasteiger partial charge in [0.05, 0.1) is 6.26 Å². The summed E-state index contributed by atoms with van der Waals surface area (Å²) in [5.74, 6) is 0. The molecular formula is C19H24N2O2S. The van der Waals surface area contributed by atoms with Gasteiger partial charge in [-0.1, -0.05) is 54.6 Å². The molecule has 0 saturated carbocycles. The number of benzene rings is 2. The van der Waals surface area contributed by atoms with E-state index in [9.17, 15) is 8.42 Å². The molecule has 1 aliphatic heterocycles. The Bertz CT molecular complexity index is 775. The topological polar surface area (TPSA) is 58.2 Å². The SMILES string of the molecule is CS(=O)(=O)N[C@@H]1CCCN[C@@H]1Cc1cccc(-c2ccccc2)c1. The molecule has 0 aromatic heterocycles. The molecule has 0 amide bonds. The lowest BCUT2D eigenvalue weighted by atomic mass is 9.92. The summed E-state index contributed by atoms with van der Waals surface area (Å²) in [6.07, 6.45) is 3.92. The summed E-state index contributed by atoms with van der Waals surface area (Å²) in [7, 11) is -3.19. The van der Waals surface area contributed by atoms with Crippen molar-refractivity contribution in [3.8, 4) is 11.1 Å². The Morgan fingerprint density at radius 1 is 1.08 bits per heavy atom. The fourth-order valence-corrected chi connectivity index (χ4v) is 4.18. The highest BCUT2D eigenvalue weighted by Crippen LogP contribution is 2.22. The average Bonchev–Trinajstić information content (AvgIpc) is 2.56. The minimum absolute atomic E-state index is 0.0471. The van der Waals surface area contributed by atoms with Crippen molar-refractivity contribution in [1.29, 1.82) is 0 Å². The Morgan fingerprint density at radius 3 is 2.58 bits per heavy atom. The monoisotopic (exact) mass is 344 g/mol. The molecule has 0 aliphatic carbocycles. The quantitative estimate of drug-likeness (QED) is 0.876. The van der Waals surface area contributed by atoms with Crippen molar-refractivity contribution in [3.63, 3.8) is 0 Å². The molecule has 0 unspecified atom stereocenters. The second kappa shape index (κ2) is 7.47. The lowest BCUT2D eigenvalue weighted by Crippen LogP contribution is -2.54. The second-order valence-electron chi connectivity index (χ2n) is 6.47. The molecule has 3 rings (SSSR count). The summed E-state index contributed by atoms with van der Waals surface area (Å²) in [5.41, 5.74) is 3.61. The molecule has 24 heavy (non-hydrogen) atoms. The molecule has 0 bridgehead atoms. The van der Waals surface area contributed by atoms with Crippen molar-refractivity contribution in [2.24, 2.45) is 0 Å². The molecule has 2 aromatic rings. The normalized spacial score (nSPS) is 21.5. The van der Waals surface area contributed by atoms with Gasteiger partial charge in [0.1, 0.15) is 0 Å². The summed E-state index contributed by atoms with van der Waals surface area (Å²) >= 11 is 0. The number of piperidine rings is 1. The molecule has 0 radical (unpaired) electrons. The van der Waals surface area contributed by atoms with Crippen LogP contribution >= 0.6 is 0 Å². The lowest BCUT2D eigenvalue weighted by Gasteiger charge is -2.33. The maximum absolute atomic E-state index is 11.6. The predicted octanol–water partition coefficient (Wildman–Crippen LogP) is 2.57. The maximum Gasteiger partial charge on any atom is 0.209 e. The molecule has 1 heterocycles. The molecule has 4 nitrogen and oxygen atoms in total. The van der Waals surface area contributed by atoms with Gasteiger partial charge in [-0.05, 0) is 42.5 Å². The Morgan fingerprint density at radius 2 is 1.83 bits per heavy atom. The van der Waals surface area contributed by atoms with Crippen LogP contribution in [0.5, 0.6) is 0 Å². The Balaban J connectivity index is 1.77.